The fourth-order valence-electron chi connectivity index (χ4n) is 3.06. The third kappa shape index (κ3) is 6.61. The van der Waals surface area contributed by atoms with Crippen molar-refractivity contribution in [3.05, 3.63) is 106 Å². The molecule has 3 aromatic carbocycles. The van der Waals surface area contributed by atoms with Crippen molar-refractivity contribution in [2.45, 2.75) is 26.2 Å². The van der Waals surface area contributed by atoms with Crippen LogP contribution in [0.2, 0.25) is 0 Å². The summed E-state index contributed by atoms with van der Waals surface area (Å²) in [6.07, 6.45) is 2.90. The molecule has 0 atom stereocenters. The number of nitro groups is 1. The van der Waals surface area contributed by atoms with E-state index in [-0.39, 0.29) is 22.9 Å². The lowest BCUT2D eigenvalue weighted by Gasteiger charge is -2.19. The van der Waals surface area contributed by atoms with E-state index < -0.39 is 4.92 Å². The molecule has 3 rings (SSSR count). The van der Waals surface area contributed by atoms with E-state index in [0.29, 0.717) is 22.5 Å². The summed E-state index contributed by atoms with van der Waals surface area (Å²) in [7, 11) is 0. The molecule has 0 aliphatic heterocycles. The molecule has 0 radical (unpaired) electrons. The van der Waals surface area contributed by atoms with Crippen molar-refractivity contribution in [1.29, 1.82) is 0 Å². The molecule has 0 aliphatic rings. The highest BCUT2D eigenvalue weighted by atomic mass is 16.6. The second kappa shape index (κ2) is 9.91. The highest BCUT2D eigenvalue weighted by molar-refractivity contribution is 6.05. The van der Waals surface area contributed by atoms with Gasteiger partial charge in [-0.1, -0.05) is 39.0 Å². The lowest BCUT2D eigenvalue weighted by Crippen LogP contribution is -2.14. The van der Waals surface area contributed by atoms with Gasteiger partial charge in [0.15, 0.2) is 0 Å². The normalized spacial score (nSPS) is 11.2. The van der Waals surface area contributed by atoms with Crippen LogP contribution in [0.5, 0.6) is 0 Å². The topological polar surface area (TPSA) is 101 Å². The first-order chi connectivity index (χ1) is 15.6. The van der Waals surface area contributed by atoms with Gasteiger partial charge in [-0.15, -0.1) is 0 Å². The summed E-state index contributed by atoms with van der Waals surface area (Å²) in [6.45, 7) is 6.34. The van der Waals surface area contributed by atoms with Crippen LogP contribution in [-0.4, -0.2) is 16.7 Å². The molecule has 0 aromatic heterocycles. The number of hydrogen-bond acceptors (Lipinski definition) is 4. The molecule has 7 heteroatoms. The van der Waals surface area contributed by atoms with E-state index in [0.717, 1.165) is 5.56 Å². The molecule has 2 N–H and O–H groups in total. The fraction of sp³-hybridized carbons (Fsp3) is 0.154. The van der Waals surface area contributed by atoms with Gasteiger partial charge >= 0.3 is 0 Å². The zero-order chi connectivity index (χ0) is 24.0. The maximum Gasteiger partial charge on any atom is 0.269 e. The highest BCUT2D eigenvalue weighted by Gasteiger charge is 2.14. The first-order valence-corrected chi connectivity index (χ1v) is 10.4. The Morgan fingerprint density at radius 2 is 1.48 bits per heavy atom. The number of benzene rings is 3. The summed E-state index contributed by atoms with van der Waals surface area (Å²) in [6, 6.07) is 20.2. The monoisotopic (exact) mass is 443 g/mol. The number of nitrogens with one attached hydrogen (secondary N) is 2. The standard InChI is InChI=1S/C26H25N3O4/c1-26(2,3)20-12-10-19(11-13-20)25(31)28-22-6-4-5-21(17-22)27-24(30)16-9-18-7-14-23(15-8-18)29(32)33/h4-17H,1-3H3,(H,27,30)(H,28,31)/b16-9+. The Morgan fingerprint density at radius 1 is 0.879 bits per heavy atom. The average Bonchev–Trinajstić information content (AvgIpc) is 2.77. The van der Waals surface area contributed by atoms with Crippen LogP contribution in [0, 0.1) is 10.1 Å². The molecular formula is C26H25N3O4. The summed E-state index contributed by atoms with van der Waals surface area (Å²) in [5.74, 6) is -0.605. The second-order valence-electron chi connectivity index (χ2n) is 8.53. The van der Waals surface area contributed by atoms with Gasteiger partial charge in [-0.25, -0.2) is 0 Å². The van der Waals surface area contributed by atoms with Crippen LogP contribution in [-0.2, 0) is 10.2 Å². The van der Waals surface area contributed by atoms with Crippen molar-refractivity contribution in [3.8, 4) is 0 Å². The predicted octanol–water partition coefficient (Wildman–Crippen LogP) is 5.80. The van der Waals surface area contributed by atoms with Gasteiger partial charge in [0.2, 0.25) is 5.91 Å². The zero-order valence-electron chi connectivity index (χ0n) is 18.7. The maximum absolute atomic E-state index is 12.6. The fourth-order valence-corrected chi connectivity index (χ4v) is 3.06. The number of non-ortho nitro benzene ring substituents is 1. The number of carbonyl (C=O) groups excluding carboxylic acids is 2. The largest absolute Gasteiger partial charge is 0.322 e. The summed E-state index contributed by atoms with van der Waals surface area (Å²) >= 11 is 0. The van der Waals surface area contributed by atoms with Crippen molar-refractivity contribution >= 4 is 35.0 Å². The summed E-state index contributed by atoms with van der Waals surface area (Å²) < 4.78 is 0. The van der Waals surface area contributed by atoms with Crippen LogP contribution < -0.4 is 10.6 Å². The van der Waals surface area contributed by atoms with E-state index in [9.17, 15) is 19.7 Å². The molecule has 2 amide bonds. The van der Waals surface area contributed by atoms with Gasteiger partial charge < -0.3 is 10.6 Å². The van der Waals surface area contributed by atoms with Crippen molar-refractivity contribution in [3.63, 3.8) is 0 Å². The van der Waals surface area contributed by atoms with Crippen LogP contribution in [0.25, 0.3) is 6.08 Å². The van der Waals surface area contributed by atoms with Crippen molar-refractivity contribution in [1.82, 2.24) is 0 Å². The lowest BCUT2D eigenvalue weighted by molar-refractivity contribution is -0.384. The Kier molecular flexibility index (Phi) is 7.03. The molecular weight excluding hydrogens is 418 g/mol. The summed E-state index contributed by atoms with van der Waals surface area (Å²) in [4.78, 5) is 35.0. The van der Waals surface area contributed by atoms with Gasteiger partial charge in [-0.3, -0.25) is 19.7 Å². The van der Waals surface area contributed by atoms with E-state index in [2.05, 4.69) is 31.4 Å². The van der Waals surface area contributed by atoms with E-state index in [1.54, 1.807) is 54.6 Å². The van der Waals surface area contributed by atoms with Crippen LogP contribution >= 0.6 is 0 Å². The third-order valence-electron chi connectivity index (χ3n) is 4.93. The van der Waals surface area contributed by atoms with Crippen molar-refractivity contribution in [2.24, 2.45) is 0 Å². The molecule has 168 valence electrons. The molecule has 0 aliphatic carbocycles. The summed E-state index contributed by atoms with van der Waals surface area (Å²) in [5.41, 5.74) is 3.42. The van der Waals surface area contributed by atoms with Crippen molar-refractivity contribution < 1.29 is 14.5 Å². The molecule has 7 nitrogen and oxygen atoms in total. The first kappa shape index (κ1) is 23.4. The Hall–Kier alpha value is -4.26. The molecule has 0 spiro atoms. The van der Waals surface area contributed by atoms with E-state index in [1.807, 2.05) is 12.1 Å². The first-order valence-electron chi connectivity index (χ1n) is 10.4. The average molecular weight is 444 g/mol. The Labute approximate surface area is 192 Å². The minimum Gasteiger partial charge on any atom is -0.322 e. The number of rotatable bonds is 6. The van der Waals surface area contributed by atoms with Crippen LogP contribution in [0.4, 0.5) is 17.1 Å². The minimum atomic E-state index is -0.479. The second-order valence-corrected chi connectivity index (χ2v) is 8.53. The molecule has 0 saturated carbocycles. The number of hydrogen-bond donors (Lipinski definition) is 2. The van der Waals surface area contributed by atoms with E-state index >= 15 is 0 Å². The van der Waals surface area contributed by atoms with Gasteiger partial charge in [0.05, 0.1) is 4.92 Å². The molecule has 0 bridgehead atoms. The zero-order valence-corrected chi connectivity index (χ0v) is 18.7. The summed E-state index contributed by atoms with van der Waals surface area (Å²) in [5, 5.41) is 16.3. The predicted molar refractivity (Wildman–Crippen MR) is 130 cm³/mol. The highest BCUT2D eigenvalue weighted by Crippen LogP contribution is 2.23. The van der Waals surface area contributed by atoms with Gasteiger partial charge in [-0.2, -0.15) is 0 Å². The molecule has 0 unspecified atom stereocenters. The molecule has 3 aromatic rings. The van der Waals surface area contributed by atoms with E-state index in [4.69, 9.17) is 0 Å². The Bertz CT molecular complexity index is 1190. The molecule has 0 fully saturated rings. The van der Waals surface area contributed by atoms with E-state index in [1.165, 1.54) is 18.2 Å². The van der Waals surface area contributed by atoms with Crippen molar-refractivity contribution in [2.75, 3.05) is 10.6 Å². The maximum atomic E-state index is 12.6. The number of nitro benzene ring substituents is 1. The molecule has 0 saturated heterocycles. The van der Waals surface area contributed by atoms with Crippen LogP contribution in [0.15, 0.2) is 78.9 Å². The molecule has 33 heavy (non-hydrogen) atoms. The minimum absolute atomic E-state index is 0.00840. The number of nitrogens with zero attached hydrogens (tertiary/aromatic N) is 1. The molecule has 0 heterocycles. The van der Waals surface area contributed by atoms with Gasteiger partial charge in [0.1, 0.15) is 0 Å². The smallest absolute Gasteiger partial charge is 0.269 e. The number of anilines is 2. The third-order valence-corrected chi connectivity index (χ3v) is 4.93. The van der Waals surface area contributed by atoms with Crippen LogP contribution in [0.3, 0.4) is 0 Å². The van der Waals surface area contributed by atoms with Crippen LogP contribution in [0.1, 0.15) is 42.3 Å². The quantitative estimate of drug-likeness (QED) is 0.286. The van der Waals surface area contributed by atoms with Gasteiger partial charge in [0.25, 0.3) is 11.6 Å². The Balaban J connectivity index is 1.61. The number of carbonyl (C=O) groups is 2. The lowest BCUT2D eigenvalue weighted by atomic mass is 9.87. The SMILES string of the molecule is CC(C)(C)c1ccc(C(=O)Nc2cccc(NC(=O)/C=C/c3ccc([N+](=O)[O-])cc3)c2)cc1. The number of amides is 2. The van der Waals surface area contributed by atoms with Gasteiger partial charge in [-0.05, 0) is 65.1 Å². The Morgan fingerprint density at radius 3 is 2.06 bits per heavy atom. The van der Waals surface area contributed by atoms with Gasteiger partial charge in [0, 0.05) is 35.1 Å².